The van der Waals surface area contributed by atoms with E-state index in [1.165, 1.54) is 6.26 Å². The van der Waals surface area contributed by atoms with Crippen LogP contribution in [0.3, 0.4) is 0 Å². The lowest BCUT2D eigenvalue weighted by Crippen LogP contribution is -2.60. The second-order valence-electron chi connectivity index (χ2n) is 8.65. The van der Waals surface area contributed by atoms with E-state index in [0.717, 1.165) is 0 Å². The third kappa shape index (κ3) is 3.45. The van der Waals surface area contributed by atoms with Crippen molar-refractivity contribution in [3.63, 3.8) is 0 Å². The third-order valence-corrected chi connectivity index (χ3v) is 6.90. The highest BCUT2D eigenvalue weighted by Gasteiger charge is 2.59. The van der Waals surface area contributed by atoms with E-state index in [-0.39, 0.29) is 18.1 Å². The minimum atomic E-state index is -1.60. The molecule has 32 heavy (non-hydrogen) atoms. The van der Waals surface area contributed by atoms with Crippen molar-refractivity contribution in [3.05, 3.63) is 35.9 Å². The summed E-state index contributed by atoms with van der Waals surface area (Å²) in [6.45, 7) is -0.593. The van der Waals surface area contributed by atoms with Crippen LogP contribution < -0.4 is 0 Å². The number of H-pyrrole nitrogens is 1. The first-order valence-electron chi connectivity index (χ1n) is 10.6. The fourth-order valence-corrected chi connectivity index (χ4v) is 5.24. The Morgan fingerprint density at radius 3 is 2.72 bits per heavy atom. The fourth-order valence-electron chi connectivity index (χ4n) is 5.24. The first kappa shape index (κ1) is 21.6. The highest BCUT2D eigenvalue weighted by molar-refractivity contribution is 5.95. The molecule has 3 fully saturated rings. The van der Waals surface area contributed by atoms with Gasteiger partial charge in [-0.25, -0.2) is 4.79 Å². The number of Topliss-reactive ketones (excluding diaryl/α,β-unsaturated/α-hetero) is 1. The Morgan fingerprint density at radius 1 is 1.19 bits per heavy atom. The van der Waals surface area contributed by atoms with Gasteiger partial charge in [-0.05, 0) is 18.6 Å². The van der Waals surface area contributed by atoms with E-state index >= 15 is 0 Å². The fraction of sp³-hybridized carbons (Fsp3) is 0.619. The molecule has 0 spiro atoms. The number of nitrogens with one attached hydrogen (secondary N) is 1. The Hall–Kier alpha value is -2.28. The van der Waals surface area contributed by atoms with Crippen LogP contribution in [0, 0.1) is 17.8 Å². The minimum Gasteiger partial charge on any atom is -0.472 e. The van der Waals surface area contributed by atoms with Crippen LogP contribution in [0.25, 0.3) is 0 Å². The zero-order valence-corrected chi connectivity index (χ0v) is 16.9. The monoisotopic (exact) mass is 451 g/mol. The molecular formula is C21H25NO10. The smallest absolute Gasteiger partial charge is 0.337 e. The molecule has 1 aromatic heterocycles. The number of carbonyl (C=O) groups is 2. The maximum Gasteiger partial charge on any atom is 0.337 e. The van der Waals surface area contributed by atoms with Crippen molar-refractivity contribution in [2.45, 2.75) is 55.9 Å². The number of ketones is 1. The molecule has 5 N–H and O–H groups in total. The first-order valence-corrected chi connectivity index (χ1v) is 10.6. The number of aromatic nitrogens is 1. The molecule has 11 heteroatoms. The van der Waals surface area contributed by atoms with Gasteiger partial charge in [0.1, 0.15) is 30.5 Å². The van der Waals surface area contributed by atoms with Crippen molar-refractivity contribution in [1.29, 1.82) is 0 Å². The molecule has 0 radical (unpaired) electrons. The molecule has 174 valence electrons. The van der Waals surface area contributed by atoms with Gasteiger partial charge in [-0.1, -0.05) is 0 Å². The number of esters is 1. The van der Waals surface area contributed by atoms with Crippen LogP contribution in [0.2, 0.25) is 0 Å². The summed E-state index contributed by atoms with van der Waals surface area (Å²) >= 11 is 0. The van der Waals surface area contributed by atoms with Gasteiger partial charge in [-0.3, -0.25) is 4.79 Å². The average molecular weight is 451 g/mol. The number of ether oxygens (including phenoxy) is 4. The first-order chi connectivity index (χ1) is 15.4. The molecule has 3 aliphatic heterocycles. The normalized spacial score (nSPS) is 42.8. The second-order valence-corrected chi connectivity index (χ2v) is 8.65. The molecule has 0 aromatic carbocycles. The lowest BCUT2D eigenvalue weighted by Gasteiger charge is -2.42. The van der Waals surface area contributed by atoms with E-state index in [2.05, 4.69) is 4.98 Å². The summed E-state index contributed by atoms with van der Waals surface area (Å²) in [6, 6.07) is 3.38. The molecule has 11 nitrogen and oxygen atoms in total. The molecule has 2 bridgehead atoms. The Labute approximate surface area is 182 Å². The van der Waals surface area contributed by atoms with Gasteiger partial charge in [0, 0.05) is 30.4 Å². The lowest BCUT2D eigenvalue weighted by molar-refractivity contribution is -0.342. The van der Waals surface area contributed by atoms with Crippen molar-refractivity contribution in [3.8, 4) is 0 Å². The molecule has 4 aliphatic rings. The molecule has 0 amide bonds. The van der Waals surface area contributed by atoms with Crippen molar-refractivity contribution in [2.75, 3.05) is 6.61 Å². The van der Waals surface area contributed by atoms with E-state index in [1.54, 1.807) is 18.3 Å². The summed E-state index contributed by atoms with van der Waals surface area (Å²) in [6.07, 6.45) is -5.22. The maximum atomic E-state index is 12.8. The summed E-state index contributed by atoms with van der Waals surface area (Å²) in [5.41, 5.74) is 0.811. The summed E-state index contributed by atoms with van der Waals surface area (Å²) in [7, 11) is 0. The van der Waals surface area contributed by atoms with Crippen LogP contribution in [-0.2, 0) is 23.7 Å². The van der Waals surface area contributed by atoms with Gasteiger partial charge in [0.05, 0.1) is 24.1 Å². The van der Waals surface area contributed by atoms with Crippen LogP contribution in [0.1, 0.15) is 23.3 Å². The molecule has 4 heterocycles. The van der Waals surface area contributed by atoms with E-state index in [4.69, 9.17) is 18.9 Å². The summed E-state index contributed by atoms with van der Waals surface area (Å²) in [5, 5.41) is 39.8. The molecule has 10 atom stereocenters. The number of carbonyl (C=O) groups excluding carboxylic acids is 2. The largest absolute Gasteiger partial charge is 0.472 e. The van der Waals surface area contributed by atoms with Crippen LogP contribution in [0.5, 0.6) is 0 Å². The number of aliphatic hydroxyl groups excluding tert-OH is 4. The predicted molar refractivity (Wildman–Crippen MR) is 103 cm³/mol. The minimum absolute atomic E-state index is 0.0881. The summed E-state index contributed by atoms with van der Waals surface area (Å²) in [4.78, 5) is 28.0. The third-order valence-electron chi connectivity index (χ3n) is 6.90. The molecule has 2 saturated heterocycles. The number of aromatic amines is 1. The summed E-state index contributed by atoms with van der Waals surface area (Å²) < 4.78 is 22.5. The standard InChI is InChI=1S/C21H25NO10/c23-6-14-16(25)17(26)18(27)21(31-14)32-20-15-8-5-13(30-19(28)10(8)7-29-20)9(15)4-12(24)11-2-1-3-22-11/h1-3,7-9,13-18,20-23,25-27H,4-6H2/t8-,9+,13+,14-,15+,16-,17+,18-,20+,21+/m1/s1. The van der Waals surface area contributed by atoms with Crippen molar-refractivity contribution >= 4 is 11.8 Å². The van der Waals surface area contributed by atoms with Gasteiger partial charge in [0.2, 0.25) is 6.29 Å². The average Bonchev–Trinajstić information content (AvgIpc) is 3.42. The molecule has 1 saturated carbocycles. The van der Waals surface area contributed by atoms with E-state index < -0.39 is 67.5 Å². The quantitative estimate of drug-likeness (QED) is 0.262. The topological polar surface area (TPSA) is 168 Å². The zero-order valence-electron chi connectivity index (χ0n) is 16.9. The van der Waals surface area contributed by atoms with Gasteiger partial charge in [-0.15, -0.1) is 0 Å². The van der Waals surface area contributed by atoms with Gasteiger partial charge in [-0.2, -0.15) is 0 Å². The summed E-state index contributed by atoms with van der Waals surface area (Å²) in [5.74, 6) is -1.74. The van der Waals surface area contributed by atoms with Gasteiger partial charge in [0.25, 0.3) is 0 Å². The molecule has 1 aromatic rings. The second kappa shape index (κ2) is 8.25. The molecule has 1 aliphatic carbocycles. The zero-order chi connectivity index (χ0) is 22.6. The Balaban J connectivity index is 1.39. The SMILES string of the molecule is O=C1O[C@H]2C[C@@H]3C1=CO[C@@H](O[C@@H]1O[C@H](CO)[C@@H](O)[C@H](O)[C@H]1O)[C@@H]3[C@H]2CC(=O)c1ccc[nH]1. The number of rotatable bonds is 6. The van der Waals surface area contributed by atoms with E-state index in [1.807, 2.05) is 0 Å². The van der Waals surface area contributed by atoms with Gasteiger partial charge < -0.3 is 44.4 Å². The maximum absolute atomic E-state index is 12.8. The van der Waals surface area contributed by atoms with Crippen LogP contribution >= 0.6 is 0 Å². The van der Waals surface area contributed by atoms with Crippen LogP contribution in [-0.4, -0.2) is 86.9 Å². The molecule has 0 unspecified atom stereocenters. The van der Waals surface area contributed by atoms with Crippen molar-refractivity contribution in [2.24, 2.45) is 17.8 Å². The Morgan fingerprint density at radius 2 is 2.00 bits per heavy atom. The van der Waals surface area contributed by atoms with Crippen LogP contribution in [0.15, 0.2) is 30.2 Å². The number of hydrogen-bond donors (Lipinski definition) is 5. The van der Waals surface area contributed by atoms with Crippen molar-refractivity contribution in [1.82, 2.24) is 4.98 Å². The number of fused-ring (bicyclic) bond motifs is 1. The molecular weight excluding hydrogens is 426 g/mol. The van der Waals surface area contributed by atoms with E-state index in [9.17, 15) is 30.0 Å². The van der Waals surface area contributed by atoms with Crippen LogP contribution in [0.4, 0.5) is 0 Å². The highest BCUT2D eigenvalue weighted by atomic mass is 16.8. The molecule has 5 rings (SSSR count). The number of hydrogen-bond acceptors (Lipinski definition) is 10. The number of aliphatic hydroxyl groups is 4. The Kier molecular flexibility index (Phi) is 5.56. The van der Waals surface area contributed by atoms with E-state index in [0.29, 0.717) is 17.7 Å². The van der Waals surface area contributed by atoms with Gasteiger partial charge in [0.15, 0.2) is 12.1 Å². The Bertz CT molecular complexity index is 898. The predicted octanol–water partition coefficient (Wildman–Crippen LogP) is -1.18. The highest BCUT2D eigenvalue weighted by Crippen LogP contribution is 2.53. The van der Waals surface area contributed by atoms with Gasteiger partial charge >= 0.3 is 5.97 Å². The lowest BCUT2D eigenvalue weighted by atomic mass is 9.81. The van der Waals surface area contributed by atoms with Crippen molar-refractivity contribution < 1.29 is 49.0 Å².